The number of ether oxygens (including phenoxy) is 2. The van der Waals surface area contributed by atoms with Gasteiger partial charge >= 0.3 is 11.9 Å². The maximum Gasteiger partial charge on any atom is 0.308 e. The molecular weight excluding hydrogens is 546 g/mol. The van der Waals surface area contributed by atoms with Gasteiger partial charge in [-0.25, -0.2) is 8.78 Å². The number of esters is 2. The summed E-state index contributed by atoms with van der Waals surface area (Å²) in [7, 11) is 0. The smallest absolute Gasteiger partial charge is 0.308 e. The van der Waals surface area contributed by atoms with Crippen LogP contribution in [-0.2, 0) is 19.1 Å². The number of nitrogens with zero attached hydrogens (tertiary/aromatic N) is 2. The Hall–Kier alpha value is -3.82. The molecular formula is C32H40F2N2O6. The van der Waals surface area contributed by atoms with Crippen molar-refractivity contribution in [2.24, 2.45) is 11.8 Å². The van der Waals surface area contributed by atoms with Crippen molar-refractivity contribution in [2.75, 3.05) is 26.3 Å². The van der Waals surface area contributed by atoms with E-state index in [1.165, 1.54) is 24.3 Å². The predicted octanol–water partition coefficient (Wildman–Crippen LogP) is 5.86. The third-order valence-electron chi connectivity index (χ3n) is 6.96. The summed E-state index contributed by atoms with van der Waals surface area (Å²) in [6.45, 7) is 12.9. The Morgan fingerprint density at radius 2 is 1.07 bits per heavy atom. The minimum Gasteiger partial charge on any atom is -0.466 e. The minimum atomic E-state index is -0.574. The molecule has 0 fully saturated rings. The van der Waals surface area contributed by atoms with Gasteiger partial charge in [-0.2, -0.15) is 0 Å². The zero-order valence-electron chi connectivity index (χ0n) is 25.1. The van der Waals surface area contributed by atoms with E-state index >= 15 is 0 Å². The van der Waals surface area contributed by atoms with Gasteiger partial charge in [-0.3, -0.25) is 19.2 Å². The van der Waals surface area contributed by atoms with Gasteiger partial charge in [0.15, 0.2) is 0 Å². The molecule has 2 aromatic carbocycles. The molecule has 2 unspecified atom stereocenters. The van der Waals surface area contributed by atoms with Crippen LogP contribution < -0.4 is 0 Å². The number of fused-ring (bicyclic) bond motifs is 2. The fourth-order valence-electron chi connectivity index (χ4n) is 5.42. The Morgan fingerprint density at radius 1 is 0.714 bits per heavy atom. The Morgan fingerprint density at radius 3 is 1.38 bits per heavy atom. The molecule has 0 spiro atoms. The molecule has 0 saturated carbocycles. The van der Waals surface area contributed by atoms with Crippen molar-refractivity contribution < 1.29 is 37.4 Å². The van der Waals surface area contributed by atoms with Gasteiger partial charge in [-0.05, 0) is 49.9 Å². The molecule has 2 heterocycles. The molecule has 2 aromatic rings. The van der Waals surface area contributed by atoms with E-state index in [-0.39, 0.29) is 49.7 Å². The molecule has 2 amide bonds. The largest absolute Gasteiger partial charge is 0.466 e. The van der Waals surface area contributed by atoms with Crippen LogP contribution in [0.1, 0.15) is 98.3 Å². The summed E-state index contributed by atoms with van der Waals surface area (Å²) in [5, 5.41) is 0. The van der Waals surface area contributed by atoms with E-state index in [0.29, 0.717) is 35.3 Å². The second kappa shape index (κ2) is 14.4. The number of rotatable bonds is 10. The number of benzene rings is 2. The van der Waals surface area contributed by atoms with Crippen molar-refractivity contribution in [3.63, 3.8) is 0 Å². The summed E-state index contributed by atoms with van der Waals surface area (Å²) in [6.07, 6.45) is -0.0273. The van der Waals surface area contributed by atoms with E-state index < -0.39 is 35.7 Å². The molecule has 2 aliphatic rings. The molecule has 228 valence electrons. The Labute approximate surface area is 246 Å². The van der Waals surface area contributed by atoms with E-state index in [4.69, 9.17) is 9.47 Å². The van der Waals surface area contributed by atoms with Crippen LogP contribution in [0.15, 0.2) is 36.4 Å². The van der Waals surface area contributed by atoms with Crippen LogP contribution in [0, 0.1) is 23.5 Å². The van der Waals surface area contributed by atoms with Crippen LogP contribution in [0.2, 0.25) is 0 Å². The number of halogens is 2. The van der Waals surface area contributed by atoms with Crippen LogP contribution >= 0.6 is 0 Å². The number of carbonyl (C=O) groups excluding carboxylic acids is 4. The van der Waals surface area contributed by atoms with Crippen LogP contribution in [-0.4, -0.2) is 59.9 Å². The molecule has 2 atom stereocenters. The molecule has 8 nitrogen and oxygen atoms in total. The lowest BCUT2D eigenvalue weighted by atomic mass is 10.0. The van der Waals surface area contributed by atoms with E-state index in [9.17, 15) is 28.0 Å². The Bertz CT molecular complexity index is 1210. The standard InChI is InChI=1S/2C16H20FNO3/c2*1-4-21-14(19)8-13-15-11(6-5-7-12(15)17)16(20)18(13)9-10(2)3/h2*5-7,10,13H,4,8-9H2,1-3H3. The zero-order valence-corrected chi connectivity index (χ0v) is 25.1. The Balaban J connectivity index is 0.000000230. The topological polar surface area (TPSA) is 93.2 Å². The average molecular weight is 587 g/mol. The molecule has 0 N–H and O–H groups in total. The number of carbonyl (C=O) groups is 4. The maximum atomic E-state index is 14.1. The van der Waals surface area contributed by atoms with Crippen molar-refractivity contribution in [3.8, 4) is 0 Å². The van der Waals surface area contributed by atoms with Crippen LogP contribution in [0.5, 0.6) is 0 Å². The minimum absolute atomic E-state index is 0.0137. The lowest BCUT2D eigenvalue weighted by Crippen LogP contribution is -2.33. The quantitative estimate of drug-likeness (QED) is 0.324. The summed E-state index contributed by atoms with van der Waals surface area (Å²) < 4.78 is 38.2. The van der Waals surface area contributed by atoms with Gasteiger partial charge < -0.3 is 19.3 Å². The van der Waals surface area contributed by atoms with Crippen molar-refractivity contribution in [3.05, 3.63) is 70.3 Å². The number of amides is 2. The van der Waals surface area contributed by atoms with Gasteiger partial charge in [-0.15, -0.1) is 0 Å². The first-order valence-electron chi connectivity index (χ1n) is 14.4. The van der Waals surface area contributed by atoms with Crippen molar-refractivity contribution in [1.29, 1.82) is 0 Å². The van der Waals surface area contributed by atoms with Crippen LogP contribution in [0.4, 0.5) is 8.78 Å². The summed E-state index contributed by atoms with van der Waals surface area (Å²) in [5.74, 6) is -1.69. The van der Waals surface area contributed by atoms with E-state index in [2.05, 4.69) is 0 Å². The first-order valence-corrected chi connectivity index (χ1v) is 14.4. The zero-order chi connectivity index (χ0) is 31.1. The second-order valence-corrected chi connectivity index (χ2v) is 11.2. The first kappa shape index (κ1) is 32.7. The summed E-state index contributed by atoms with van der Waals surface area (Å²) in [5.41, 5.74) is 1.34. The highest BCUT2D eigenvalue weighted by Crippen LogP contribution is 2.39. The molecule has 0 bridgehead atoms. The van der Waals surface area contributed by atoms with Crippen molar-refractivity contribution in [1.82, 2.24) is 9.80 Å². The second-order valence-electron chi connectivity index (χ2n) is 11.2. The number of hydrogen-bond acceptors (Lipinski definition) is 6. The van der Waals surface area contributed by atoms with Gasteiger partial charge in [0.2, 0.25) is 0 Å². The van der Waals surface area contributed by atoms with Crippen molar-refractivity contribution >= 4 is 23.8 Å². The lowest BCUT2D eigenvalue weighted by molar-refractivity contribution is -0.145. The summed E-state index contributed by atoms with van der Waals surface area (Å²) in [4.78, 5) is 51.6. The third-order valence-corrected chi connectivity index (χ3v) is 6.96. The van der Waals surface area contributed by atoms with Gasteiger partial charge in [0.25, 0.3) is 11.8 Å². The average Bonchev–Trinajstić information content (AvgIpc) is 3.32. The van der Waals surface area contributed by atoms with E-state index in [1.54, 1.807) is 35.8 Å². The molecule has 0 radical (unpaired) electrons. The molecule has 10 heteroatoms. The lowest BCUT2D eigenvalue weighted by Gasteiger charge is -2.26. The highest BCUT2D eigenvalue weighted by atomic mass is 19.1. The highest BCUT2D eigenvalue weighted by molar-refractivity contribution is 6.00. The third kappa shape index (κ3) is 7.33. The fourth-order valence-corrected chi connectivity index (χ4v) is 5.42. The molecule has 4 rings (SSSR count). The van der Waals surface area contributed by atoms with Gasteiger partial charge in [0.05, 0.1) is 38.1 Å². The monoisotopic (exact) mass is 586 g/mol. The van der Waals surface area contributed by atoms with Gasteiger partial charge in [-0.1, -0.05) is 39.8 Å². The molecule has 2 aliphatic heterocycles. The fraction of sp³-hybridized carbons (Fsp3) is 0.500. The highest BCUT2D eigenvalue weighted by Gasteiger charge is 2.41. The van der Waals surface area contributed by atoms with E-state index in [1.807, 2.05) is 27.7 Å². The molecule has 42 heavy (non-hydrogen) atoms. The summed E-state index contributed by atoms with van der Waals surface area (Å²) in [6, 6.07) is 7.76. The summed E-state index contributed by atoms with van der Waals surface area (Å²) >= 11 is 0. The Kier molecular flexibility index (Phi) is 11.2. The van der Waals surface area contributed by atoms with Crippen LogP contribution in [0.25, 0.3) is 0 Å². The molecule has 0 aliphatic carbocycles. The molecule has 0 saturated heterocycles. The number of hydrogen-bond donors (Lipinski definition) is 0. The SMILES string of the molecule is CCOC(=O)CC1c2c(F)cccc2C(=O)N1CC(C)C.CCOC(=O)CC1c2c(F)cccc2C(=O)N1CC(C)C. The predicted molar refractivity (Wildman–Crippen MR) is 153 cm³/mol. The van der Waals surface area contributed by atoms with Crippen LogP contribution in [0.3, 0.4) is 0 Å². The maximum absolute atomic E-state index is 14.1. The van der Waals surface area contributed by atoms with Gasteiger partial charge in [0, 0.05) is 35.3 Å². The normalized spacial score (nSPS) is 17.3. The van der Waals surface area contributed by atoms with Gasteiger partial charge in [0.1, 0.15) is 11.6 Å². The first-order chi connectivity index (χ1) is 19.9. The molecule has 0 aromatic heterocycles. The van der Waals surface area contributed by atoms with Crippen molar-refractivity contribution in [2.45, 2.75) is 66.5 Å². The van der Waals surface area contributed by atoms with E-state index in [0.717, 1.165) is 0 Å².